The fraction of sp³-hybridized carbons (Fsp3) is 0.333. The fourth-order valence-electron chi connectivity index (χ4n) is 4.89. The molecule has 1 fully saturated rings. The number of benzene rings is 1. The van der Waals surface area contributed by atoms with E-state index < -0.39 is 20.0 Å². The molecule has 1 unspecified atom stereocenters. The Kier molecular flexibility index (Phi) is 7.31. The molecule has 4 aromatic rings. The van der Waals surface area contributed by atoms with E-state index in [9.17, 15) is 16.8 Å². The van der Waals surface area contributed by atoms with Crippen LogP contribution in [0, 0.1) is 13.8 Å². The number of H-pyrrole nitrogens is 1. The summed E-state index contributed by atoms with van der Waals surface area (Å²) in [5, 5.41) is 9.18. The third-order valence-corrected chi connectivity index (χ3v) is 10.6. The van der Waals surface area contributed by atoms with Crippen molar-refractivity contribution < 1.29 is 16.8 Å². The van der Waals surface area contributed by atoms with Crippen LogP contribution in [0.2, 0.25) is 5.02 Å². The molecular weight excluding hydrogens is 630 g/mol. The number of anilines is 1. The molecule has 0 bridgehead atoms. The molecule has 0 amide bonds. The number of hydrogen-bond acceptors (Lipinski definition) is 7. The van der Waals surface area contributed by atoms with E-state index in [-0.39, 0.29) is 16.7 Å². The van der Waals surface area contributed by atoms with E-state index in [2.05, 4.69) is 31.2 Å². The highest BCUT2D eigenvalue weighted by molar-refractivity contribution is 9.10. The van der Waals surface area contributed by atoms with Crippen LogP contribution in [0.4, 0.5) is 5.69 Å². The SMILES string of the molecule is CCS(=O)(=O)N1CCC(Nc2c(Br)cnc3[nH]c(-c4cc(C)n(-c5cc(S(N)(=O)=O)ccc5Cl)c4C)nc23)C1. The first kappa shape index (κ1) is 28.1. The summed E-state index contributed by atoms with van der Waals surface area (Å²) >= 11 is 10.0. The van der Waals surface area contributed by atoms with E-state index in [0.29, 0.717) is 51.7 Å². The van der Waals surface area contributed by atoms with Crippen LogP contribution >= 0.6 is 27.5 Å². The maximum Gasteiger partial charge on any atom is 0.238 e. The molecule has 208 valence electrons. The van der Waals surface area contributed by atoms with Crippen molar-refractivity contribution in [2.45, 2.75) is 38.1 Å². The summed E-state index contributed by atoms with van der Waals surface area (Å²) in [6.07, 6.45) is 2.34. The molecule has 1 aromatic carbocycles. The molecule has 39 heavy (non-hydrogen) atoms. The second kappa shape index (κ2) is 10.2. The molecular formula is C24H27BrClN7O4S2. The van der Waals surface area contributed by atoms with E-state index in [0.717, 1.165) is 22.6 Å². The number of sulfonamides is 2. The lowest BCUT2D eigenvalue weighted by Gasteiger charge is -2.17. The number of pyridine rings is 1. The molecule has 4 heterocycles. The average molecular weight is 657 g/mol. The number of imidazole rings is 1. The molecule has 3 aromatic heterocycles. The van der Waals surface area contributed by atoms with Gasteiger partial charge in [-0.05, 0) is 67.4 Å². The number of halogens is 2. The number of nitrogens with one attached hydrogen (secondary N) is 2. The van der Waals surface area contributed by atoms with Crippen molar-refractivity contribution in [3.63, 3.8) is 0 Å². The fourth-order valence-corrected chi connectivity index (χ4v) is 7.19. The number of nitrogens with two attached hydrogens (primary N) is 1. The molecule has 1 atom stereocenters. The number of aryl methyl sites for hydroxylation is 1. The molecule has 0 radical (unpaired) electrons. The van der Waals surface area contributed by atoms with Gasteiger partial charge in [-0.2, -0.15) is 4.31 Å². The number of hydrogen-bond donors (Lipinski definition) is 3. The van der Waals surface area contributed by atoms with Gasteiger partial charge in [0.25, 0.3) is 0 Å². The summed E-state index contributed by atoms with van der Waals surface area (Å²) in [7, 11) is -7.17. The summed E-state index contributed by atoms with van der Waals surface area (Å²) in [5.41, 5.74) is 4.75. The molecule has 0 spiro atoms. The standard InChI is InChI=1S/C24H27BrClN7O4S2/c1-4-38(34,35)32-8-7-15(12-32)29-21-18(25)11-28-24-22(21)30-23(31-24)17-9-13(2)33(14(17)3)20-10-16(39(27,36)37)5-6-19(20)26/h5-6,9-11,15H,4,7-8,12H2,1-3H3,(H2,27,36,37)(H2,28,29,30,31). The zero-order chi connectivity index (χ0) is 28.3. The second-order valence-corrected chi connectivity index (χ2v) is 14.5. The Labute approximate surface area is 240 Å². The number of aromatic amines is 1. The Hall–Kier alpha value is -2.49. The third kappa shape index (κ3) is 5.21. The molecule has 1 saturated heterocycles. The average Bonchev–Trinajstić information content (AvgIpc) is 3.58. The molecule has 0 aliphatic carbocycles. The highest BCUT2D eigenvalue weighted by Crippen LogP contribution is 2.36. The zero-order valence-corrected chi connectivity index (χ0v) is 25.3. The first-order valence-electron chi connectivity index (χ1n) is 12.1. The van der Waals surface area contributed by atoms with Crippen molar-refractivity contribution in [2.24, 2.45) is 5.14 Å². The van der Waals surface area contributed by atoms with Crippen LogP contribution in [0.3, 0.4) is 0 Å². The van der Waals surface area contributed by atoms with Crippen LogP contribution in [0.5, 0.6) is 0 Å². The Morgan fingerprint density at radius 2 is 1.97 bits per heavy atom. The van der Waals surface area contributed by atoms with Crippen molar-refractivity contribution in [1.82, 2.24) is 23.8 Å². The first-order chi connectivity index (χ1) is 18.3. The summed E-state index contributed by atoms with van der Waals surface area (Å²) in [4.78, 5) is 12.6. The lowest BCUT2D eigenvalue weighted by atomic mass is 10.2. The van der Waals surface area contributed by atoms with Gasteiger partial charge in [0, 0.05) is 42.3 Å². The van der Waals surface area contributed by atoms with Crippen LogP contribution < -0.4 is 10.5 Å². The Morgan fingerprint density at radius 3 is 2.67 bits per heavy atom. The van der Waals surface area contributed by atoms with Gasteiger partial charge in [-0.25, -0.2) is 31.9 Å². The van der Waals surface area contributed by atoms with Crippen LogP contribution in [-0.4, -0.2) is 65.5 Å². The monoisotopic (exact) mass is 655 g/mol. The minimum atomic E-state index is -3.92. The Bertz CT molecular complexity index is 1820. The van der Waals surface area contributed by atoms with Crippen molar-refractivity contribution >= 4 is 64.4 Å². The molecule has 5 rings (SSSR count). The predicted octanol–water partition coefficient (Wildman–Crippen LogP) is 3.93. The van der Waals surface area contributed by atoms with Crippen molar-refractivity contribution in [3.8, 4) is 17.1 Å². The van der Waals surface area contributed by atoms with E-state index in [1.807, 2.05) is 24.5 Å². The smallest absolute Gasteiger partial charge is 0.238 e. The molecule has 11 nitrogen and oxygen atoms in total. The van der Waals surface area contributed by atoms with Crippen LogP contribution in [-0.2, 0) is 20.0 Å². The van der Waals surface area contributed by atoms with Gasteiger partial charge in [0.05, 0.1) is 31.5 Å². The van der Waals surface area contributed by atoms with E-state index in [1.54, 1.807) is 13.1 Å². The Balaban J connectivity index is 1.53. The van der Waals surface area contributed by atoms with Gasteiger partial charge in [-0.15, -0.1) is 0 Å². The highest BCUT2D eigenvalue weighted by Gasteiger charge is 2.31. The topological polar surface area (TPSA) is 156 Å². The number of aromatic nitrogens is 4. The van der Waals surface area contributed by atoms with Gasteiger partial charge in [-0.3, -0.25) is 0 Å². The summed E-state index contributed by atoms with van der Waals surface area (Å²) in [6.45, 7) is 6.26. The number of nitrogens with zero attached hydrogens (tertiary/aromatic N) is 4. The normalized spacial score (nSPS) is 16.8. The first-order valence-corrected chi connectivity index (χ1v) is 16.4. The van der Waals surface area contributed by atoms with Gasteiger partial charge in [0.2, 0.25) is 20.0 Å². The summed E-state index contributed by atoms with van der Waals surface area (Å²) < 4.78 is 52.6. The van der Waals surface area contributed by atoms with Crippen LogP contribution in [0.1, 0.15) is 24.7 Å². The third-order valence-electron chi connectivity index (χ3n) is 6.90. The van der Waals surface area contributed by atoms with Crippen LogP contribution in [0.15, 0.2) is 39.8 Å². The van der Waals surface area contributed by atoms with E-state index in [1.165, 1.54) is 22.5 Å². The lowest BCUT2D eigenvalue weighted by Crippen LogP contribution is -2.32. The molecule has 1 aliphatic heterocycles. The van der Waals surface area contributed by atoms with Gasteiger partial charge in [0.15, 0.2) is 5.65 Å². The molecule has 1 aliphatic rings. The lowest BCUT2D eigenvalue weighted by molar-refractivity contribution is 0.476. The van der Waals surface area contributed by atoms with Gasteiger partial charge >= 0.3 is 0 Å². The Morgan fingerprint density at radius 1 is 1.23 bits per heavy atom. The minimum absolute atomic E-state index is 0.0401. The van der Waals surface area contributed by atoms with E-state index in [4.69, 9.17) is 21.7 Å². The quantitative estimate of drug-likeness (QED) is 0.272. The second-order valence-electron chi connectivity index (χ2n) is 9.43. The number of fused-ring (bicyclic) bond motifs is 1. The van der Waals surface area contributed by atoms with Gasteiger partial charge in [-0.1, -0.05) is 11.6 Å². The minimum Gasteiger partial charge on any atom is -0.378 e. The number of rotatable bonds is 7. The predicted molar refractivity (Wildman–Crippen MR) is 155 cm³/mol. The van der Waals surface area contributed by atoms with Crippen molar-refractivity contribution in [3.05, 3.63) is 51.3 Å². The maximum absolute atomic E-state index is 12.3. The van der Waals surface area contributed by atoms with Crippen molar-refractivity contribution in [2.75, 3.05) is 24.2 Å². The van der Waals surface area contributed by atoms with Gasteiger partial charge in [0.1, 0.15) is 11.3 Å². The maximum atomic E-state index is 12.3. The molecule has 15 heteroatoms. The largest absolute Gasteiger partial charge is 0.378 e. The van der Waals surface area contributed by atoms with Crippen LogP contribution in [0.25, 0.3) is 28.2 Å². The van der Waals surface area contributed by atoms with Crippen molar-refractivity contribution in [1.29, 1.82) is 0 Å². The number of primary sulfonamides is 1. The summed E-state index contributed by atoms with van der Waals surface area (Å²) in [6, 6.07) is 6.18. The highest BCUT2D eigenvalue weighted by atomic mass is 79.9. The summed E-state index contributed by atoms with van der Waals surface area (Å²) in [5.74, 6) is 0.639. The van der Waals surface area contributed by atoms with Gasteiger partial charge < -0.3 is 14.9 Å². The van der Waals surface area contributed by atoms with E-state index >= 15 is 0 Å². The zero-order valence-electron chi connectivity index (χ0n) is 21.4. The molecule has 0 saturated carbocycles. The molecule has 4 N–H and O–H groups in total.